The van der Waals surface area contributed by atoms with Crippen LogP contribution in [0.1, 0.15) is 32.3 Å². The molecule has 4 nitrogen and oxygen atoms in total. The zero-order valence-electron chi connectivity index (χ0n) is 12.4. The maximum Gasteiger partial charge on any atom is 0.228 e. The molecule has 20 heavy (non-hydrogen) atoms. The second-order valence-electron chi connectivity index (χ2n) is 5.82. The number of rotatable bonds is 5. The highest BCUT2D eigenvalue weighted by atomic mass is 16.1. The van der Waals surface area contributed by atoms with E-state index in [4.69, 9.17) is 5.73 Å². The molecule has 1 aliphatic rings. The van der Waals surface area contributed by atoms with Gasteiger partial charge in [0.25, 0.3) is 0 Å². The Kier molecular flexibility index (Phi) is 5.15. The number of nitrogens with two attached hydrogens (primary N) is 1. The molecule has 2 unspecified atom stereocenters. The lowest BCUT2D eigenvalue weighted by Gasteiger charge is -2.17. The van der Waals surface area contributed by atoms with E-state index in [1.807, 2.05) is 26.0 Å². The van der Waals surface area contributed by atoms with Crippen molar-refractivity contribution >= 4 is 11.6 Å². The molecule has 1 amide bonds. The number of nitrogens with one attached hydrogen (secondary N) is 1. The maximum absolute atomic E-state index is 12.0. The van der Waals surface area contributed by atoms with Crippen LogP contribution in [0.2, 0.25) is 0 Å². The number of benzene rings is 1. The molecule has 1 aromatic rings. The summed E-state index contributed by atoms with van der Waals surface area (Å²) in [6, 6.07) is 7.96. The summed E-state index contributed by atoms with van der Waals surface area (Å²) in [5, 5.41) is 2.95. The Labute approximate surface area is 121 Å². The Balaban J connectivity index is 1.96. The van der Waals surface area contributed by atoms with E-state index >= 15 is 0 Å². The Morgan fingerprint density at radius 1 is 1.35 bits per heavy atom. The standard InChI is InChI=1S/C16H25N3O/c1-12(13(2)17)16(20)18-15-7-5-6-14(10-15)11-19-8-3-4-9-19/h5-7,10,12-13H,3-4,8-9,11,17H2,1-2H3,(H,18,20). The third kappa shape index (κ3) is 4.05. The highest BCUT2D eigenvalue weighted by Gasteiger charge is 2.17. The predicted molar refractivity (Wildman–Crippen MR) is 82.4 cm³/mol. The molecule has 1 aliphatic heterocycles. The summed E-state index contributed by atoms with van der Waals surface area (Å²) in [4.78, 5) is 14.5. The molecule has 0 aromatic heterocycles. The summed E-state index contributed by atoms with van der Waals surface area (Å²) < 4.78 is 0. The van der Waals surface area contributed by atoms with Crippen LogP contribution in [0.4, 0.5) is 5.69 Å². The van der Waals surface area contributed by atoms with Crippen LogP contribution in [-0.4, -0.2) is 29.9 Å². The molecule has 110 valence electrons. The SMILES string of the molecule is CC(N)C(C)C(=O)Nc1cccc(CN2CCCC2)c1. The summed E-state index contributed by atoms with van der Waals surface area (Å²) in [5.74, 6) is -0.199. The number of hydrogen-bond acceptors (Lipinski definition) is 3. The van der Waals surface area contributed by atoms with Crippen molar-refractivity contribution in [2.45, 2.75) is 39.3 Å². The average Bonchev–Trinajstić information content (AvgIpc) is 2.91. The largest absolute Gasteiger partial charge is 0.327 e. The van der Waals surface area contributed by atoms with Gasteiger partial charge in [-0.1, -0.05) is 19.1 Å². The van der Waals surface area contributed by atoms with Gasteiger partial charge in [-0.15, -0.1) is 0 Å². The first-order valence-electron chi connectivity index (χ1n) is 7.44. The van der Waals surface area contributed by atoms with Gasteiger partial charge in [0, 0.05) is 18.3 Å². The summed E-state index contributed by atoms with van der Waals surface area (Å²) in [6.45, 7) is 7.03. The van der Waals surface area contributed by atoms with Crippen molar-refractivity contribution in [2.75, 3.05) is 18.4 Å². The van der Waals surface area contributed by atoms with E-state index in [2.05, 4.69) is 22.3 Å². The van der Waals surface area contributed by atoms with Gasteiger partial charge in [-0.25, -0.2) is 0 Å². The van der Waals surface area contributed by atoms with Crippen molar-refractivity contribution in [3.8, 4) is 0 Å². The van der Waals surface area contributed by atoms with Crippen LogP contribution in [0.5, 0.6) is 0 Å². The minimum absolute atomic E-state index is 0.0154. The third-order valence-electron chi connectivity index (χ3n) is 4.00. The van der Waals surface area contributed by atoms with E-state index < -0.39 is 0 Å². The zero-order chi connectivity index (χ0) is 14.5. The fourth-order valence-corrected chi connectivity index (χ4v) is 2.44. The Bertz CT molecular complexity index is 453. The number of carbonyl (C=O) groups is 1. The van der Waals surface area contributed by atoms with Crippen molar-refractivity contribution < 1.29 is 4.79 Å². The quantitative estimate of drug-likeness (QED) is 0.866. The van der Waals surface area contributed by atoms with Crippen LogP contribution >= 0.6 is 0 Å². The molecule has 0 spiro atoms. The molecule has 1 fully saturated rings. The Morgan fingerprint density at radius 2 is 2.05 bits per heavy atom. The van der Waals surface area contributed by atoms with Gasteiger partial charge in [0.1, 0.15) is 0 Å². The van der Waals surface area contributed by atoms with Crippen LogP contribution < -0.4 is 11.1 Å². The molecule has 0 saturated carbocycles. The highest BCUT2D eigenvalue weighted by Crippen LogP contribution is 2.17. The number of likely N-dealkylation sites (tertiary alicyclic amines) is 1. The van der Waals surface area contributed by atoms with Gasteiger partial charge in [0.15, 0.2) is 0 Å². The molecule has 3 N–H and O–H groups in total. The van der Waals surface area contributed by atoms with Gasteiger partial charge in [0.05, 0.1) is 5.92 Å². The first-order chi connectivity index (χ1) is 9.56. The number of hydrogen-bond donors (Lipinski definition) is 2. The lowest BCUT2D eigenvalue weighted by atomic mass is 10.0. The van der Waals surface area contributed by atoms with Gasteiger partial charge < -0.3 is 11.1 Å². The van der Waals surface area contributed by atoms with Crippen molar-refractivity contribution in [1.29, 1.82) is 0 Å². The summed E-state index contributed by atoms with van der Waals surface area (Å²) >= 11 is 0. The lowest BCUT2D eigenvalue weighted by Crippen LogP contribution is -2.34. The van der Waals surface area contributed by atoms with E-state index in [0.717, 1.165) is 12.2 Å². The van der Waals surface area contributed by atoms with Gasteiger partial charge in [-0.2, -0.15) is 0 Å². The number of nitrogens with zero attached hydrogens (tertiary/aromatic N) is 1. The summed E-state index contributed by atoms with van der Waals surface area (Å²) in [5.41, 5.74) is 7.87. The first kappa shape index (κ1) is 15.0. The van der Waals surface area contributed by atoms with Gasteiger partial charge >= 0.3 is 0 Å². The highest BCUT2D eigenvalue weighted by molar-refractivity contribution is 5.92. The molecule has 2 atom stereocenters. The molecule has 1 heterocycles. The van der Waals surface area contributed by atoms with E-state index in [0.29, 0.717) is 0 Å². The van der Waals surface area contributed by atoms with Gasteiger partial charge in [-0.05, 0) is 50.6 Å². The van der Waals surface area contributed by atoms with E-state index in [9.17, 15) is 4.79 Å². The zero-order valence-corrected chi connectivity index (χ0v) is 12.4. The molecular weight excluding hydrogens is 250 g/mol. The number of carbonyl (C=O) groups excluding carboxylic acids is 1. The van der Waals surface area contributed by atoms with Crippen molar-refractivity contribution in [3.63, 3.8) is 0 Å². The van der Waals surface area contributed by atoms with Gasteiger partial charge in [-0.3, -0.25) is 9.69 Å². The molecule has 4 heteroatoms. The van der Waals surface area contributed by atoms with Crippen LogP contribution in [0.25, 0.3) is 0 Å². The van der Waals surface area contributed by atoms with Crippen LogP contribution in [0, 0.1) is 5.92 Å². The normalized spacial score (nSPS) is 18.8. The fraction of sp³-hybridized carbons (Fsp3) is 0.562. The second-order valence-corrected chi connectivity index (χ2v) is 5.82. The second kappa shape index (κ2) is 6.86. The number of amides is 1. The predicted octanol–water partition coefficient (Wildman–Crippen LogP) is 2.20. The molecule has 1 aromatic carbocycles. The third-order valence-corrected chi connectivity index (χ3v) is 4.00. The Hall–Kier alpha value is -1.39. The van der Waals surface area contributed by atoms with Gasteiger partial charge in [0.2, 0.25) is 5.91 Å². The lowest BCUT2D eigenvalue weighted by molar-refractivity contribution is -0.119. The van der Waals surface area contributed by atoms with Crippen LogP contribution in [0.15, 0.2) is 24.3 Å². The van der Waals surface area contributed by atoms with E-state index in [1.165, 1.54) is 31.5 Å². The topological polar surface area (TPSA) is 58.4 Å². The van der Waals surface area contributed by atoms with Crippen molar-refractivity contribution in [1.82, 2.24) is 4.90 Å². The molecule has 0 aliphatic carbocycles. The fourth-order valence-electron chi connectivity index (χ4n) is 2.44. The average molecular weight is 275 g/mol. The van der Waals surface area contributed by atoms with Crippen molar-refractivity contribution in [3.05, 3.63) is 29.8 Å². The molecule has 2 rings (SSSR count). The molecule has 1 saturated heterocycles. The molecular formula is C16H25N3O. The molecule has 0 radical (unpaired) electrons. The minimum atomic E-state index is -0.183. The maximum atomic E-state index is 12.0. The van der Waals surface area contributed by atoms with E-state index in [-0.39, 0.29) is 17.9 Å². The van der Waals surface area contributed by atoms with Crippen molar-refractivity contribution in [2.24, 2.45) is 11.7 Å². The van der Waals surface area contributed by atoms with Crippen LogP contribution in [-0.2, 0) is 11.3 Å². The minimum Gasteiger partial charge on any atom is -0.327 e. The number of anilines is 1. The summed E-state index contributed by atoms with van der Waals surface area (Å²) in [7, 11) is 0. The van der Waals surface area contributed by atoms with Crippen LogP contribution in [0.3, 0.4) is 0 Å². The Morgan fingerprint density at radius 3 is 2.70 bits per heavy atom. The smallest absolute Gasteiger partial charge is 0.228 e. The molecule has 0 bridgehead atoms. The first-order valence-corrected chi connectivity index (χ1v) is 7.44. The summed E-state index contributed by atoms with van der Waals surface area (Å²) in [6.07, 6.45) is 2.59. The monoisotopic (exact) mass is 275 g/mol. The van der Waals surface area contributed by atoms with E-state index in [1.54, 1.807) is 0 Å².